The lowest BCUT2D eigenvalue weighted by Crippen LogP contribution is -2.32. The molecular weight excluding hydrogens is 360 g/mol. The zero-order chi connectivity index (χ0) is 21.2. The molecule has 3 nitrogen and oxygen atoms in total. The van der Waals surface area contributed by atoms with Gasteiger partial charge in [-0.3, -0.25) is 9.59 Å². The van der Waals surface area contributed by atoms with Gasteiger partial charge in [0.1, 0.15) is 0 Å². The zero-order valence-electron chi connectivity index (χ0n) is 18.7. The molecule has 1 aliphatic heterocycles. The van der Waals surface area contributed by atoms with Crippen molar-refractivity contribution in [2.24, 2.45) is 0 Å². The molecule has 1 heterocycles. The first-order valence-electron chi connectivity index (χ1n) is 12.1. The second-order valence-electron chi connectivity index (χ2n) is 8.72. The molecule has 0 unspecified atom stereocenters. The molecule has 0 bridgehead atoms. The third kappa shape index (κ3) is 12.8. The van der Waals surface area contributed by atoms with E-state index in [1.807, 2.05) is 0 Å². The van der Waals surface area contributed by atoms with E-state index in [4.69, 9.17) is 4.74 Å². The van der Waals surface area contributed by atoms with Crippen molar-refractivity contribution in [1.29, 1.82) is 0 Å². The monoisotopic (exact) mass is 404 g/mol. The lowest BCUT2D eigenvalue weighted by atomic mass is 9.85. The van der Waals surface area contributed by atoms with E-state index in [0.29, 0.717) is 12.8 Å². The van der Waals surface area contributed by atoms with Gasteiger partial charge in [-0.05, 0) is 50.7 Å². The Hall–Kier alpha value is -1.22. The number of carbonyl (C=O) groups excluding carboxylic acids is 2. The Labute approximate surface area is 179 Å². The van der Waals surface area contributed by atoms with Crippen LogP contribution in [-0.2, 0) is 14.3 Å². The molecule has 0 saturated carbocycles. The minimum atomic E-state index is 0.105. The lowest BCUT2D eigenvalue weighted by molar-refractivity contribution is -0.115. The number of unbranched alkanes of at least 4 members (excludes halogenated alkanes) is 8. The Morgan fingerprint density at radius 2 is 1.17 bits per heavy atom. The summed E-state index contributed by atoms with van der Waals surface area (Å²) in [5.74, 6) is 0.339. The number of hydrogen-bond donors (Lipinski definition) is 0. The van der Waals surface area contributed by atoms with Crippen molar-refractivity contribution in [3.05, 3.63) is 25.3 Å². The molecule has 0 aromatic carbocycles. The Balaban J connectivity index is 2.22. The molecule has 1 saturated heterocycles. The minimum Gasteiger partial charge on any atom is -0.375 e. The molecule has 0 atom stereocenters. The normalized spacial score (nSPS) is 16.1. The van der Waals surface area contributed by atoms with Gasteiger partial charge in [0.05, 0.1) is 5.60 Å². The summed E-state index contributed by atoms with van der Waals surface area (Å²) < 4.78 is 6.43. The van der Waals surface area contributed by atoms with Crippen LogP contribution in [-0.4, -0.2) is 23.8 Å². The smallest absolute Gasteiger partial charge is 0.155 e. The fraction of sp³-hybridized carbons (Fsp3) is 0.769. The number of hydrogen-bond acceptors (Lipinski definition) is 3. The van der Waals surface area contributed by atoms with Gasteiger partial charge in [0.15, 0.2) is 11.6 Å². The van der Waals surface area contributed by atoms with Gasteiger partial charge >= 0.3 is 0 Å². The maximum absolute atomic E-state index is 11.3. The third-order valence-electron chi connectivity index (χ3n) is 6.25. The van der Waals surface area contributed by atoms with Crippen molar-refractivity contribution >= 4 is 11.6 Å². The molecule has 1 fully saturated rings. The highest BCUT2D eigenvalue weighted by Crippen LogP contribution is 2.34. The molecule has 0 aromatic heterocycles. The van der Waals surface area contributed by atoms with E-state index in [1.165, 1.54) is 89.2 Å². The summed E-state index contributed by atoms with van der Waals surface area (Å²) in [6, 6.07) is 0. The van der Waals surface area contributed by atoms with E-state index in [-0.39, 0.29) is 17.2 Å². The molecule has 1 rings (SSSR count). The second kappa shape index (κ2) is 16.6. The predicted molar refractivity (Wildman–Crippen MR) is 122 cm³/mol. The van der Waals surface area contributed by atoms with Gasteiger partial charge in [0.25, 0.3) is 0 Å². The number of allylic oxidation sites excluding steroid dienone is 2. The van der Waals surface area contributed by atoms with E-state index in [0.717, 1.165) is 32.3 Å². The van der Waals surface area contributed by atoms with Crippen LogP contribution in [0.2, 0.25) is 0 Å². The number of ketones is 2. The molecule has 0 amide bonds. The molecule has 166 valence electrons. The van der Waals surface area contributed by atoms with Crippen molar-refractivity contribution < 1.29 is 14.3 Å². The highest BCUT2D eigenvalue weighted by Gasteiger charge is 2.30. The van der Waals surface area contributed by atoms with Gasteiger partial charge in [-0.1, -0.05) is 77.4 Å². The fourth-order valence-corrected chi connectivity index (χ4v) is 4.36. The van der Waals surface area contributed by atoms with Crippen LogP contribution in [0.15, 0.2) is 25.3 Å². The Morgan fingerprint density at radius 3 is 1.69 bits per heavy atom. The lowest BCUT2D eigenvalue weighted by Gasteiger charge is -2.33. The molecule has 0 aromatic rings. The predicted octanol–water partition coefficient (Wildman–Crippen LogP) is 7.29. The maximum Gasteiger partial charge on any atom is 0.155 e. The minimum absolute atomic E-state index is 0.105. The van der Waals surface area contributed by atoms with Crippen LogP contribution in [0.1, 0.15) is 116 Å². The fourth-order valence-electron chi connectivity index (χ4n) is 4.36. The van der Waals surface area contributed by atoms with Crippen LogP contribution in [0, 0.1) is 0 Å². The topological polar surface area (TPSA) is 43.4 Å². The van der Waals surface area contributed by atoms with Gasteiger partial charge in [-0.15, -0.1) is 0 Å². The molecule has 0 N–H and O–H groups in total. The highest BCUT2D eigenvalue weighted by atomic mass is 16.5. The summed E-state index contributed by atoms with van der Waals surface area (Å²) in [5, 5.41) is 0. The molecular formula is C26H44O3. The SMILES string of the molecule is C=CC(=O)CCCCCCCC1(CCCCCCCC(=O)C=C)CCCCCO1. The third-order valence-corrected chi connectivity index (χ3v) is 6.25. The number of rotatable bonds is 18. The summed E-state index contributed by atoms with van der Waals surface area (Å²) in [7, 11) is 0. The molecule has 0 radical (unpaired) electrons. The van der Waals surface area contributed by atoms with Crippen LogP contribution in [0.3, 0.4) is 0 Å². The van der Waals surface area contributed by atoms with Crippen molar-refractivity contribution in [3.8, 4) is 0 Å². The van der Waals surface area contributed by atoms with Gasteiger partial charge in [0, 0.05) is 19.4 Å². The standard InChI is InChI=1S/C26H44O3/c1-3-24(27)18-12-7-5-9-14-20-26(22-16-11-17-23-29-26)21-15-10-6-8-13-19-25(28)4-2/h3-4H,1-2,5-23H2. The number of ether oxygens (including phenoxy) is 1. The molecule has 1 aliphatic rings. The molecule has 0 aliphatic carbocycles. The van der Waals surface area contributed by atoms with Crippen molar-refractivity contribution in [2.75, 3.05) is 6.61 Å². The summed E-state index contributed by atoms with van der Waals surface area (Å²) >= 11 is 0. The average Bonchev–Trinajstić information content (AvgIpc) is 2.97. The van der Waals surface area contributed by atoms with Crippen LogP contribution in [0.5, 0.6) is 0 Å². The van der Waals surface area contributed by atoms with Crippen molar-refractivity contribution in [3.63, 3.8) is 0 Å². The first kappa shape index (κ1) is 25.8. The highest BCUT2D eigenvalue weighted by molar-refractivity contribution is 5.89. The van der Waals surface area contributed by atoms with Crippen LogP contribution < -0.4 is 0 Å². The second-order valence-corrected chi connectivity index (χ2v) is 8.72. The Bertz CT molecular complexity index is 436. The number of carbonyl (C=O) groups is 2. The Kier molecular flexibility index (Phi) is 14.7. The van der Waals surface area contributed by atoms with Gasteiger partial charge in [0.2, 0.25) is 0 Å². The van der Waals surface area contributed by atoms with Crippen LogP contribution in [0.25, 0.3) is 0 Å². The van der Waals surface area contributed by atoms with E-state index >= 15 is 0 Å². The quantitative estimate of drug-likeness (QED) is 0.178. The van der Waals surface area contributed by atoms with E-state index in [2.05, 4.69) is 13.2 Å². The van der Waals surface area contributed by atoms with Crippen molar-refractivity contribution in [2.45, 2.75) is 121 Å². The molecule has 3 heteroatoms. The van der Waals surface area contributed by atoms with Gasteiger partial charge < -0.3 is 4.74 Å². The Morgan fingerprint density at radius 1 is 0.690 bits per heavy atom. The largest absolute Gasteiger partial charge is 0.375 e. The van der Waals surface area contributed by atoms with E-state index in [9.17, 15) is 9.59 Å². The van der Waals surface area contributed by atoms with E-state index < -0.39 is 0 Å². The summed E-state index contributed by atoms with van der Waals surface area (Å²) in [6.45, 7) is 7.99. The van der Waals surface area contributed by atoms with E-state index in [1.54, 1.807) is 0 Å². The first-order chi connectivity index (χ1) is 14.1. The zero-order valence-corrected chi connectivity index (χ0v) is 18.7. The van der Waals surface area contributed by atoms with Crippen molar-refractivity contribution in [1.82, 2.24) is 0 Å². The van der Waals surface area contributed by atoms with Crippen LogP contribution in [0.4, 0.5) is 0 Å². The summed E-state index contributed by atoms with van der Waals surface area (Å²) in [6.07, 6.45) is 23.2. The maximum atomic E-state index is 11.3. The van der Waals surface area contributed by atoms with Gasteiger partial charge in [-0.2, -0.15) is 0 Å². The van der Waals surface area contributed by atoms with Crippen LogP contribution >= 0.6 is 0 Å². The average molecular weight is 405 g/mol. The first-order valence-corrected chi connectivity index (χ1v) is 12.1. The summed E-state index contributed by atoms with van der Waals surface area (Å²) in [4.78, 5) is 22.5. The van der Waals surface area contributed by atoms with Gasteiger partial charge in [-0.25, -0.2) is 0 Å². The molecule has 29 heavy (non-hydrogen) atoms. The molecule has 0 spiro atoms. The summed E-state index contributed by atoms with van der Waals surface area (Å²) in [5.41, 5.74) is 0.105.